The number of Topliss-reactive ketones (excluding diaryl/α,β-unsaturated/α-hetero) is 1. The molecule has 106 valence electrons. The van der Waals surface area contributed by atoms with Crippen molar-refractivity contribution in [2.24, 2.45) is 0 Å². The summed E-state index contributed by atoms with van der Waals surface area (Å²) < 4.78 is 0.767. The average Bonchev–Trinajstić information content (AvgIpc) is 2.71. The van der Waals surface area contributed by atoms with Gasteiger partial charge in [0.1, 0.15) is 0 Å². The van der Waals surface area contributed by atoms with Gasteiger partial charge < -0.3 is 5.32 Å². The van der Waals surface area contributed by atoms with E-state index in [9.17, 15) is 9.59 Å². The van der Waals surface area contributed by atoms with Crippen molar-refractivity contribution in [1.29, 1.82) is 0 Å². The number of para-hydroxylation sites is 1. The molecule has 2 aromatic carbocycles. The van der Waals surface area contributed by atoms with Crippen molar-refractivity contribution in [2.45, 2.75) is 0 Å². The van der Waals surface area contributed by atoms with Crippen molar-refractivity contribution in [3.8, 4) is 0 Å². The van der Waals surface area contributed by atoms with Crippen LogP contribution >= 0.6 is 27.5 Å². The molecule has 1 aliphatic heterocycles. The molecule has 6 heteroatoms. The van der Waals surface area contributed by atoms with Crippen LogP contribution < -0.4 is 10.2 Å². The SMILES string of the molecule is O=C1C(=O)N(CNc2ccccc2Cl)c2ccc(Br)cc21. The molecule has 1 amide bonds. The van der Waals surface area contributed by atoms with Crippen LogP contribution in [0.5, 0.6) is 0 Å². The van der Waals surface area contributed by atoms with E-state index in [4.69, 9.17) is 11.6 Å². The Labute approximate surface area is 134 Å². The van der Waals surface area contributed by atoms with Crippen LogP contribution in [0, 0.1) is 0 Å². The molecule has 0 saturated heterocycles. The van der Waals surface area contributed by atoms with Gasteiger partial charge >= 0.3 is 5.91 Å². The van der Waals surface area contributed by atoms with Gasteiger partial charge in [0.25, 0.3) is 5.78 Å². The van der Waals surface area contributed by atoms with Gasteiger partial charge in [0, 0.05) is 4.47 Å². The van der Waals surface area contributed by atoms with Gasteiger partial charge in [0.05, 0.1) is 28.6 Å². The molecule has 0 unspecified atom stereocenters. The summed E-state index contributed by atoms with van der Waals surface area (Å²) in [6.07, 6.45) is 0. The first kappa shape index (κ1) is 14.1. The molecule has 4 nitrogen and oxygen atoms in total. The molecule has 3 rings (SSSR count). The zero-order valence-corrected chi connectivity index (χ0v) is 13.1. The first-order valence-electron chi connectivity index (χ1n) is 6.22. The van der Waals surface area contributed by atoms with E-state index in [1.807, 2.05) is 18.2 Å². The molecule has 0 spiro atoms. The maximum atomic E-state index is 12.1. The quantitative estimate of drug-likeness (QED) is 0.844. The minimum atomic E-state index is -0.539. The fourth-order valence-electron chi connectivity index (χ4n) is 2.20. The molecular formula is C15H10BrClN2O2. The third-order valence-electron chi connectivity index (χ3n) is 3.23. The molecule has 2 aromatic rings. The Morgan fingerprint density at radius 1 is 1.14 bits per heavy atom. The van der Waals surface area contributed by atoms with Crippen LogP contribution in [0.25, 0.3) is 0 Å². The predicted octanol–water partition coefficient (Wildman–Crippen LogP) is 3.70. The van der Waals surface area contributed by atoms with Crippen molar-refractivity contribution >= 4 is 50.6 Å². The number of hydrogen-bond donors (Lipinski definition) is 1. The fraction of sp³-hybridized carbons (Fsp3) is 0.0667. The molecule has 0 fully saturated rings. The van der Waals surface area contributed by atoms with Crippen molar-refractivity contribution in [3.63, 3.8) is 0 Å². The van der Waals surface area contributed by atoms with Crippen LogP contribution in [0.3, 0.4) is 0 Å². The maximum absolute atomic E-state index is 12.1. The van der Waals surface area contributed by atoms with E-state index >= 15 is 0 Å². The molecule has 0 aromatic heterocycles. The predicted molar refractivity (Wildman–Crippen MR) is 85.9 cm³/mol. The Balaban J connectivity index is 1.86. The lowest BCUT2D eigenvalue weighted by molar-refractivity contribution is -0.114. The maximum Gasteiger partial charge on any atom is 0.300 e. The van der Waals surface area contributed by atoms with Gasteiger partial charge in [-0.25, -0.2) is 0 Å². The van der Waals surface area contributed by atoms with Crippen molar-refractivity contribution in [1.82, 2.24) is 0 Å². The zero-order valence-electron chi connectivity index (χ0n) is 10.8. The number of rotatable bonds is 3. The Morgan fingerprint density at radius 2 is 1.90 bits per heavy atom. The Morgan fingerprint density at radius 3 is 2.67 bits per heavy atom. The summed E-state index contributed by atoms with van der Waals surface area (Å²) in [7, 11) is 0. The molecule has 0 saturated carbocycles. The molecule has 0 radical (unpaired) electrons. The fourth-order valence-corrected chi connectivity index (χ4v) is 2.76. The molecule has 0 atom stereocenters. The summed E-state index contributed by atoms with van der Waals surface area (Å²) in [5, 5.41) is 3.63. The van der Waals surface area contributed by atoms with Crippen LogP contribution in [-0.2, 0) is 4.79 Å². The summed E-state index contributed by atoms with van der Waals surface area (Å²) in [5.41, 5.74) is 1.73. The largest absolute Gasteiger partial charge is 0.366 e. The Kier molecular flexibility index (Phi) is 3.69. The highest BCUT2D eigenvalue weighted by Crippen LogP contribution is 2.31. The third-order valence-corrected chi connectivity index (χ3v) is 4.06. The lowest BCUT2D eigenvalue weighted by Gasteiger charge is -2.18. The van der Waals surface area contributed by atoms with Gasteiger partial charge in [-0.15, -0.1) is 0 Å². The Bertz CT molecular complexity index is 748. The van der Waals surface area contributed by atoms with Gasteiger partial charge in [0.2, 0.25) is 0 Å². The number of ketones is 1. The second-order valence-electron chi connectivity index (χ2n) is 4.54. The van der Waals surface area contributed by atoms with Crippen LogP contribution in [0.4, 0.5) is 11.4 Å². The van der Waals surface area contributed by atoms with Gasteiger partial charge in [-0.3, -0.25) is 14.5 Å². The van der Waals surface area contributed by atoms with Crippen LogP contribution in [-0.4, -0.2) is 18.4 Å². The average molecular weight is 366 g/mol. The molecule has 1 aliphatic rings. The van der Waals surface area contributed by atoms with Crippen LogP contribution in [0.15, 0.2) is 46.9 Å². The Hall–Kier alpha value is -1.85. The van der Waals surface area contributed by atoms with E-state index in [0.29, 0.717) is 22.0 Å². The topological polar surface area (TPSA) is 49.4 Å². The number of amides is 1. The van der Waals surface area contributed by atoms with E-state index in [-0.39, 0.29) is 6.67 Å². The van der Waals surface area contributed by atoms with Crippen LogP contribution in [0.2, 0.25) is 5.02 Å². The lowest BCUT2D eigenvalue weighted by atomic mass is 10.1. The first-order chi connectivity index (χ1) is 10.1. The van der Waals surface area contributed by atoms with E-state index < -0.39 is 11.7 Å². The number of fused-ring (bicyclic) bond motifs is 1. The molecule has 0 bridgehead atoms. The second-order valence-corrected chi connectivity index (χ2v) is 5.86. The standard InChI is InChI=1S/C15H10BrClN2O2/c16-9-5-6-13-10(7-9)14(20)15(21)19(13)8-18-12-4-2-1-3-11(12)17/h1-7,18H,8H2. The zero-order chi connectivity index (χ0) is 15.0. The smallest absolute Gasteiger partial charge is 0.300 e. The van der Waals surface area contributed by atoms with Crippen molar-refractivity contribution in [2.75, 3.05) is 16.9 Å². The van der Waals surface area contributed by atoms with Gasteiger partial charge in [-0.1, -0.05) is 39.7 Å². The van der Waals surface area contributed by atoms with E-state index in [1.165, 1.54) is 4.90 Å². The van der Waals surface area contributed by atoms with Gasteiger partial charge in [-0.2, -0.15) is 0 Å². The van der Waals surface area contributed by atoms with E-state index in [2.05, 4.69) is 21.2 Å². The van der Waals surface area contributed by atoms with Crippen molar-refractivity contribution in [3.05, 3.63) is 57.5 Å². The number of halogens is 2. The summed E-state index contributed by atoms with van der Waals surface area (Å²) in [6.45, 7) is 0.183. The summed E-state index contributed by atoms with van der Waals surface area (Å²) >= 11 is 9.36. The highest BCUT2D eigenvalue weighted by atomic mass is 79.9. The minimum Gasteiger partial charge on any atom is -0.366 e. The number of nitrogens with zero attached hydrogens (tertiary/aromatic N) is 1. The lowest BCUT2D eigenvalue weighted by Crippen LogP contribution is -2.34. The second kappa shape index (κ2) is 5.50. The van der Waals surface area contributed by atoms with E-state index in [0.717, 1.165) is 4.47 Å². The first-order valence-corrected chi connectivity index (χ1v) is 7.39. The van der Waals surface area contributed by atoms with E-state index in [1.54, 1.807) is 24.3 Å². The molecule has 1 heterocycles. The van der Waals surface area contributed by atoms with Gasteiger partial charge in [0.15, 0.2) is 0 Å². The van der Waals surface area contributed by atoms with Crippen LogP contribution in [0.1, 0.15) is 10.4 Å². The molecule has 1 N–H and O–H groups in total. The molecule has 0 aliphatic carbocycles. The summed E-state index contributed by atoms with van der Waals surface area (Å²) in [5.74, 6) is -1.03. The number of anilines is 2. The monoisotopic (exact) mass is 364 g/mol. The van der Waals surface area contributed by atoms with Gasteiger partial charge in [-0.05, 0) is 30.3 Å². The number of nitrogens with one attached hydrogen (secondary N) is 1. The summed E-state index contributed by atoms with van der Waals surface area (Å²) in [6, 6.07) is 12.4. The van der Waals surface area contributed by atoms with Crippen molar-refractivity contribution < 1.29 is 9.59 Å². The summed E-state index contributed by atoms with van der Waals surface area (Å²) in [4.78, 5) is 25.4. The third kappa shape index (κ3) is 2.54. The molecule has 21 heavy (non-hydrogen) atoms. The highest BCUT2D eigenvalue weighted by molar-refractivity contribution is 9.10. The minimum absolute atomic E-state index is 0.183. The highest BCUT2D eigenvalue weighted by Gasteiger charge is 2.35. The normalized spacial score (nSPS) is 13.5. The molecular weight excluding hydrogens is 356 g/mol. The number of carbonyl (C=O) groups excluding carboxylic acids is 2. The number of benzene rings is 2. The number of hydrogen-bond acceptors (Lipinski definition) is 3. The number of carbonyl (C=O) groups is 2.